The number of nitrogens with zero attached hydrogens (tertiary/aromatic N) is 1. The van der Waals surface area contributed by atoms with Gasteiger partial charge in [0.15, 0.2) is 11.5 Å². The summed E-state index contributed by atoms with van der Waals surface area (Å²) in [5.74, 6) is 0.336. The number of carbonyl (C=O) groups is 2. The van der Waals surface area contributed by atoms with E-state index in [0.29, 0.717) is 23.6 Å². The van der Waals surface area contributed by atoms with Gasteiger partial charge in [0.2, 0.25) is 20.1 Å². The first-order valence-electron chi connectivity index (χ1n) is 12.0. The third-order valence-electron chi connectivity index (χ3n) is 7.66. The number of fused-ring (bicyclic) bond motifs is 1. The topological polar surface area (TPSA) is 65.1 Å². The molecule has 1 heterocycles. The molecule has 0 bridgehead atoms. The number of carbonyl (C=O) groups excluding carboxylic acids is 2. The standard InChI is InChI=1S/C28H35NO5Si/c1-28(2,3)35(6,7)34-20-16-21(18-13-14-23(32-4)24(15-18)33-5)25-22(17-20)26(30)29(27(25)31)19-11-9-8-10-12-19/h8-15,17,21-22,25H,16H2,1-7H3/t21-,22-,25+/m1/s1. The van der Waals surface area contributed by atoms with Crippen molar-refractivity contribution >= 4 is 25.8 Å². The number of amides is 2. The van der Waals surface area contributed by atoms with E-state index in [2.05, 4.69) is 33.9 Å². The van der Waals surface area contributed by atoms with Crippen molar-refractivity contribution in [2.45, 2.75) is 51.2 Å². The molecule has 1 aliphatic carbocycles. The average Bonchev–Trinajstić information content (AvgIpc) is 3.07. The molecule has 0 N–H and O–H groups in total. The number of imide groups is 1. The second-order valence-electron chi connectivity index (χ2n) is 10.8. The fourth-order valence-corrected chi connectivity index (χ4v) is 5.83. The molecule has 0 spiro atoms. The highest BCUT2D eigenvalue weighted by Crippen LogP contribution is 2.50. The molecule has 1 aliphatic heterocycles. The Morgan fingerprint density at radius 1 is 0.914 bits per heavy atom. The van der Waals surface area contributed by atoms with Crippen molar-refractivity contribution in [1.82, 2.24) is 0 Å². The predicted octanol–water partition coefficient (Wildman–Crippen LogP) is 5.90. The third-order valence-corrected chi connectivity index (χ3v) is 12.0. The summed E-state index contributed by atoms with van der Waals surface area (Å²) in [6, 6.07) is 14.9. The molecular weight excluding hydrogens is 458 g/mol. The highest BCUT2D eigenvalue weighted by Gasteiger charge is 2.54. The Bertz CT molecular complexity index is 1150. The highest BCUT2D eigenvalue weighted by atomic mass is 28.4. The molecule has 2 aliphatic rings. The number of methoxy groups -OCH3 is 2. The van der Waals surface area contributed by atoms with Crippen molar-refractivity contribution in [3.8, 4) is 11.5 Å². The summed E-state index contributed by atoms with van der Waals surface area (Å²) in [6.07, 6.45) is 2.45. The van der Waals surface area contributed by atoms with Gasteiger partial charge in [-0.15, -0.1) is 0 Å². The Hall–Kier alpha value is -3.06. The maximum atomic E-state index is 13.8. The van der Waals surface area contributed by atoms with E-state index >= 15 is 0 Å². The molecule has 0 unspecified atom stereocenters. The Morgan fingerprint density at radius 3 is 2.17 bits per heavy atom. The number of rotatable bonds is 6. The maximum absolute atomic E-state index is 13.8. The molecule has 1 fully saturated rings. The smallest absolute Gasteiger partial charge is 0.250 e. The van der Waals surface area contributed by atoms with Gasteiger partial charge in [-0.3, -0.25) is 9.59 Å². The molecule has 0 radical (unpaired) electrons. The van der Waals surface area contributed by atoms with Crippen LogP contribution in [0.15, 0.2) is 60.4 Å². The first-order chi connectivity index (χ1) is 16.5. The van der Waals surface area contributed by atoms with E-state index < -0.39 is 20.2 Å². The van der Waals surface area contributed by atoms with Crippen LogP contribution in [0.5, 0.6) is 11.5 Å². The number of anilines is 1. The van der Waals surface area contributed by atoms with Crippen LogP contribution in [0.4, 0.5) is 5.69 Å². The van der Waals surface area contributed by atoms with Crippen molar-refractivity contribution in [2.24, 2.45) is 11.8 Å². The summed E-state index contributed by atoms with van der Waals surface area (Å²) in [5.41, 5.74) is 1.53. The number of allylic oxidation sites excluding steroid dienone is 1. The monoisotopic (exact) mass is 493 g/mol. The van der Waals surface area contributed by atoms with Gasteiger partial charge in [-0.2, -0.15) is 0 Å². The lowest BCUT2D eigenvalue weighted by Crippen LogP contribution is -2.41. The number of benzene rings is 2. The van der Waals surface area contributed by atoms with Gasteiger partial charge in [-0.05, 0) is 54.0 Å². The maximum Gasteiger partial charge on any atom is 0.250 e. The number of hydrogen-bond donors (Lipinski definition) is 0. The summed E-state index contributed by atoms with van der Waals surface area (Å²) in [7, 11) is 1.05. The van der Waals surface area contributed by atoms with Gasteiger partial charge in [0.05, 0.1) is 37.5 Å². The third kappa shape index (κ3) is 4.49. The van der Waals surface area contributed by atoms with Crippen LogP contribution in [-0.2, 0) is 14.0 Å². The second-order valence-corrected chi connectivity index (χ2v) is 15.5. The molecule has 35 heavy (non-hydrogen) atoms. The molecule has 186 valence electrons. The summed E-state index contributed by atoms with van der Waals surface area (Å²) in [5, 5.41) is 0.00902. The van der Waals surface area contributed by atoms with Crippen LogP contribution in [0.25, 0.3) is 0 Å². The summed E-state index contributed by atoms with van der Waals surface area (Å²) < 4.78 is 17.7. The van der Waals surface area contributed by atoms with Crippen molar-refractivity contribution < 1.29 is 23.5 Å². The summed E-state index contributed by atoms with van der Waals surface area (Å²) in [6.45, 7) is 11.0. The molecule has 1 saturated heterocycles. The van der Waals surface area contributed by atoms with Gasteiger partial charge in [0, 0.05) is 12.3 Å². The van der Waals surface area contributed by atoms with E-state index in [9.17, 15) is 9.59 Å². The Balaban J connectivity index is 1.80. The molecule has 3 atom stereocenters. The van der Waals surface area contributed by atoms with Gasteiger partial charge < -0.3 is 13.9 Å². The van der Waals surface area contributed by atoms with E-state index in [1.807, 2.05) is 42.5 Å². The molecule has 2 amide bonds. The summed E-state index contributed by atoms with van der Waals surface area (Å²) in [4.78, 5) is 28.7. The molecular formula is C28H35NO5Si. The largest absolute Gasteiger partial charge is 0.547 e. The zero-order valence-electron chi connectivity index (χ0n) is 21.6. The van der Waals surface area contributed by atoms with E-state index in [4.69, 9.17) is 13.9 Å². The molecule has 0 aromatic heterocycles. The van der Waals surface area contributed by atoms with Gasteiger partial charge in [-0.25, -0.2) is 4.90 Å². The van der Waals surface area contributed by atoms with Gasteiger partial charge in [0.25, 0.3) is 0 Å². The minimum absolute atomic E-state index is 0.00902. The predicted molar refractivity (Wildman–Crippen MR) is 139 cm³/mol. The van der Waals surface area contributed by atoms with Crippen LogP contribution in [-0.4, -0.2) is 34.4 Å². The van der Waals surface area contributed by atoms with E-state index in [-0.39, 0.29) is 22.8 Å². The highest BCUT2D eigenvalue weighted by molar-refractivity contribution is 6.74. The minimum atomic E-state index is -2.14. The van der Waals surface area contributed by atoms with Crippen molar-refractivity contribution in [3.63, 3.8) is 0 Å². The van der Waals surface area contributed by atoms with Crippen LogP contribution >= 0.6 is 0 Å². The number of hydrogen-bond acceptors (Lipinski definition) is 5. The molecule has 7 heteroatoms. The zero-order chi connectivity index (χ0) is 25.5. The first kappa shape index (κ1) is 25.0. The lowest BCUT2D eigenvalue weighted by molar-refractivity contribution is -0.122. The Morgan fingerprint density at radius 2 is 1.57 bits per heavy atom. The van der Waals surface area contributed by atoms with Gasteiger partial charge in [0.1, 0.15) is 0 Å². The van der Waals surface area contributed by atoms with E-state index in [1.165, 1.54) is 4.90 Å². The van der Waals surface area contributed by atoms with Gasteiger partial charge in [-0.1, -0.05) is 45.0 Å². The lowest BCUT2D eigenvalue weighted by atomic mass is 9.73. The normalized spacial score (nSPS) is 22.5. The van der Waals surface area contributed by atoms with Crippen molar-refractivity contribution in [2.75, 3.05) is 19.1 Å². The summed E-state index contributed by atoms with van der Waals surface area (Å²) >= 11 is 0. The molecule has 2 aromatic carbocycles. The fourth-order valence-electron chi connectivity index (χ4n) is 4.72. The van der Waals surface area contributed by atoms with Crippen LogP contribution in [0.2, 0.25) is 18.1 Å². The quantitative estimate of drug-likeness (QED) is 0.370. The Kier molecular flexibility index (Phi) is 6.57. The van der Waals surface area contributed by atoms with Crippen molar-refractivity contribution in [1.29, 1.82) is 0 Å². The number of para-hydroxylation sites is 1. The van der Waals surface area contributed by atoms with Crippen LogP contribution in [0, 0.1) is 11.8 Å². The molecule has 6 nitrogen and oxygen atoms in total. The van der Waals surface area contributed by atoms with Crippen LogP contribution in [0.1, 0.15) is 38.7 Å². The lowest BCUT2D eigenvalue weighted by Gasteiger charge is -2.40. The first-order valence-corrected chi connectivity index (χ1v) is 14.9. The average molecular weight is 494 g/mol. The SMILES string of the molecule is COc1ccc([C@H]2CC(O[Si](C)(C)C(C)(C)C)=C[C@H]3C(=O)N(c4ccccc4)C(=O)[C@@H]23)cc1OC. The molecule has 2 aromatic rings. The minimum Gasteiger partial charge on any atom is -0.547 e. The van der Waals surface area contributed by atoms with Crippen LogP contribution < -0.4 is 14.4 Å². The van der Waals surface area contributed by atoms with Crippen molar-refractivity contribution in [3.05, 3.63) is 65.9 Å². The van der Waals surface area contributed by atoms with E-state index in [0.717, 1.165) is 11.3 Å². The fraction of sp³-hybridized carbons (Fsp3) is 0.429. The zero-order valence-corrected chi connectivity index (χ0v) is 22.6. The Labute approximate surface area is 209 Å². The second kappa shape index (κ2) is 9.19. The number of ether oxygens (including phenoxy) is 2. The van der Waals surface area contributed by atoms with Gasteiger partial charge >= 0.3 is 0 Å². The van der Waals surface area contributed by atoms with Crippen LogP contribution in [0.3, 0.4) is 0 Å². The van der Waals surface area contributed by atoms with E-state index in [1.54, 1.807) is 26.4 Å². The molecule has 0 saturated carbocycles. The molecule has 4 rings (SSSR count).